The molecule has 0 aliphatic rings. The van der Waals surface area contributed by atoms with E-state index >= 15 is 0 Å². The highest BCUT2D eigenvalue weighted by atomic mass is 19.1. The molecule has 0 fully saturated rings. The summed E-state index contributed by atoms with van der Waals surface area (Å²) in [5.41, 5.74) is 0.397. The summed E-state index contributed by atoms with van der Waals surface area (Å²) < 4.78 is 18.6. The van der Waals surface area contributed by atoms with E-state index in [-0.39, 0.29) is 28.3 Å². The Morgan fingerprint density at radius 2 is 1.84 bits per heavy atom. The molecule has 0 saturated heterocycles. The van der Waals surface area contributed by atoms with Gasteiger partial charge in [-0.25, -0.2) is 9.18 Å². The lowest BCUT2D eigenvalue weighted by Crippen LogP contribution is -2.36. The smallest absolute Gasteiger partial charge is 0.339 e. The van der Waals surface area contributed by atoms with Crippen LogP contribution in [0.5, 0.6) is 0 Å². The summed E-state index contributed by atoms with van der Waals surface area (Å²) in [6, 6.07) is 6.75. The van der Waals surface area contributed by atoms with Gasteiger partial charge in [0.2, 0.25) is 0 Å². The van der Waals surface area contributed by atoms with Crippen molar-refractivity contribution < 1.29 is 23.5 Å². The van der Waals surface area contributed by atoms with Crippen LogP contribution in [-0.4, -0.2) is 17.0 Å². The number of halogens is 1. The Labute approximate surface area is 145 Å². The molecule has 1 atom stereocenters. The van der Waals surface area contributed by atoms with Gasteiger partial charge in [-0.1, -0.05) is 39.8 Å². The molecule has 0 radical (unpaired) electrons. The topological polar surface area (TPSA) is 79.5 Å². The van der Waals surface area contributed by atoms with Gasteiger partial charge in [0.1, 0.15) is 17.1 Å². The molecule has 1 unspecified atom stereocenters. The summed E-state index contributed by atoms with van der Waals surface area (Å²) >= 11 is 0. The Bertz CT molecular complexity index is 772. The zero-order chi connectivity index (χ0) is 18.8. The zero-order valence-electron chi connectivity index (χ0n) is 14.7. The number of carbonyl (C=O) groups is 2. The van der Waals surface area contributed by atoms with E-state index in [0.29, 0.717) is 6.42 Å². The van der Waals surface area contributed by atoms with Crippen molar-refractivity contribution in [2.24, 2.45) is 5.41 Å². The van der Waals surface area contributed by atoms with E-state index in [9.17, 15) is 19.1 Å². The first-order valence-electron chi connectivity index (χ1n) is 8.05. The van der Waals surface area contributed by atoms with E-state index in [4.69, 9.17) is 4.42 Å². The molecular weight excluding hydrogens is 325 g/mol. The van der Waals surface area contributed by atoms with E-state index in [1.807, 2.05) is 20.8 Å². The molecule has 6 heteroatoms. The molecule has 5 nitrogen and oxygen atoms in total. The minimum Gasteiger partial charge on any atom is -0.478 e. The van der Waals surface area contributed by atoms with E-state index in [0.717, 1.165) is 5.56 Å². The van der Waals surface area contributed by atoms with Crippen molar-refractivity contribution in [2.75, 3.05) is 0 Å². The summed E-state index contributed by atoms with van der Waals surface area (Å²) in [4.78, 5) is 23.8. The van der Waals surface area contributed by atoms with E-state index in [2.05, 4.69) is 5.32 Å². The third-order valence-electron chi connectivity index (χ3n) is 3.93. The second-order valence-corrected chi connectivity index (χ2v) is 6.93. The standard InChI is InChI=1S/C19H22FNO4/c1-5-14-13(18(23)24)10-15(25-14)17(22)21-16(19(2,3)4)11-6-8-12(20)9-7-11/h6-10,16H,5H2,1-4H3,(H,21,22)(H,23,24). The summed E-state index contributed by atoms with van der Waals surface area (Å²) in [6.45, 7) is 7.60. The number of carboxylic acid groups (broad SMARTS) is 1. The van der Waals surface area contributed by atoms with Crippen LogP contribution in [0.2, 0.25) is 0 Å². The SMILES string of the molecule is CCc1oc(C(=O)NC(c2ccc(F)cc2)C(C)(C)C)cc1C(=O)O. The van der Waals surface area contributed by atoms with Crippen LogP contribution in [0.15, 0.2) is 34.7 Å². The van der Waals surface area contributed by atoms with E-state index < -0.39 is 17.9 Å². The summed E-state index contributed by atoms with van der Waals surface area (Å²) in [7, 11) is 0. The second-order valence-electron chi connectivity index (χ2n) is 6.93. The van der Waals surface area contributed by atoms with Gasteiger partial charge in [0.25, 0.3) is 5.91 Å². The molecule has 1 aromatic carbocycles. The summed E-state index contributed by atoms with van der Waals surface area (Å²) in [6.07, 6.45) is 0.371. The van der Waals surface area contributed by atoms with Gasteiger partial charge in [-0.15, -0.1) is 0 Å². The molecule has 0 aliphatic heterocycles. The van der Waals surface area contributed by atoms with Crippen molar-refractivity contribution in [1.82, 2.24) is 5.32 Å². The van der Waals surface area contributed by atoms with Crippen molar-refractivity contribution >= 4 is 11.9 Å². The number of nitrogens with one attached hydrogen (secondary N) is 1. The number of carboxylic acids is 1. The zero-order valence-corrected chi connectivity index (χ0v) is 14.7. The fourth-order valence-corrected chi connectivity index (χ4v) is 2.64. The number of aromatic carboxylic acids is 1. The van der Waals surface area contributed by atoms with Gasteiger partial charge in [0, 0.05) is 12.5 Å². The largest absolute Gasteiger partial charge is 0.478 e. The van der Waals surface area contributed by atoms with E-state index in [1.54, 1.807) is 19.1 Å². The average Bonchev–Trinajstić information content (AvgIpc) is 2.97. The summed E-state index contributed by atoms with van der Waals surface area (Å²) in [5, 5.41) is 12.0. The Balaban J connectivity index is 2.31. The van der Waals surface area contributed by atoms with Crippen LogP contribution in [0.3, 0.4) is 0 Å². The lowest BCUT2D eigenvalue weighted by Gasteiger charge is -2.31. The maximum absolute atomic E-state index is 13.2. The number of benzene rings is 1. The predicted octanol–water partition coefficient (Wildman–Crippen LogP) is 4.20. The van der Waals surface area contributed by atoms with Crippen LogP contribution in [0, 0.1) is 11.2 Å². The van der Waals surface area contributed by atoms with Gasteiger partial charge in [-0.2, -0.15) is 0 Å². The van der Waals surface area contributed by atoms with Crippen LogP contribution in [-0.2, 0) is 6.42 Å². The first-order valence-corrected chi connectivity index (χ1v) is 8.05. The molecule has 1 aromatic heterocycles. The molecule has 2 aromatic rings. The Morgan fingerprint density at radius 3 is 2.28 bits per heavy atom. The number of aryl methyl sites for hydroxylation is 1. The van der Waals surface area contributed by atoms with Crippen LogP contribution in [0.25, 0.3) is 0 Å². The van der Waals surface area contributed by atoms with Crippen LogP contribution < -0.4 is 5.32 Å². The highest BCUT2D eigenvalue weighted by Crippen LogP contribution is 2.33. The van der Waals surface area contributed by atoms with Crippen molar-refractivity contribution in [3.8, 4) is 0 Å². The quantitative estimate of drug-likeness (QED) is 0.850. The number of hydrogen-bond acceptors (Lipinski definition) is 3. The van der Waals surface area contributed by atoms with Gasteiger partial charge < -0.3 is 14.8 Å². The monoisotopic (exact) mass is 347 g/mol. The first-order chi connectivity index (χ1) is 11.6. The second kappa shape index (κ2) is 7.09. The van der Waals surface area contributed by atoms with Crippen molar-refractivity contribution in [3.63, 3.8) is 0 Å². The maximum Gasteiger partial charge on any atom is 0.339 e. The Morgan fingerprint density at radius 1 is 1.24 bits per heavy atom. The first kappa shape index (κ1) is 18.7. The normalized spacial score (nSPS) is 12.7. The minimum absolute atomic E-state index is 0.0123. The fraction of sp³-hybridized carbons (Fsp3) is 0.368. The maximum atomic E-state index is 13.2. The molecule has 25 heavy (non-hydrogen) atoms. The third kappa shape index (κ3) is 4.26. The van der Waals surface area contributed by atoms with Crippen LogP contribution >= 0.6 is 0 Å². The van der Waals surface area contributed by atoms with Crippen molar-refractivity contribution in [2.45, 2.75) is 40.2 Å². The highest BCUT2D eigenvalue weighted by molar-refractivity contribution is 5.96. The van der Waals surface area contributed by atoms with Gasteiger partial charge >= 0.3 is 5.97 Å². The van der Waals surface area contributed by atoms with Crippen LogP contribution in [0.4, 0.5) is 4.39 Å². The highest BCUT2D eigenvalue weighted by Gasteiger charge is 2.30. The lowest BCUT2D eigenvalue weighted by atomic mass is 9.82. The van der Waals surface area contributed by atoms with Crippen LogP contribution in [0.1, 0.15) is 66.0 Å². The Hall–Kier alpha value is -2.63. The summed E-state index contributed by atoms with van der Waals surface area (Å²) in [5.74, 6) is -1.79. The van der Waals surface area contributed by atoms with Crippen molar-refractivity contribution in [1.29, 1.82) is 0 Å². The number of carbonyl (C=O) groups excluding carboxylic acids is 1. The number of rotatable bonds is 5. The molecular formula is C19H22FNO4. The van der Waals surface area contributed by atoms with Gasteiger partial charge in [0.05, 0.1) is 6.04 Å². The van der Waals surface area contributed by atoms with Gasteiger partial charge in [-0.3, -0.25) is 4.79 Å². The molecule has 1 amide bonds. The van der Waals surface area contributed by atoms with Gasteiger partial charge in [0.15, 0.2) is 5.76 Å². The number of furan rings is 1. The minimum atomic E-state index is -1.13. The number of amides is 1. The molecule has 1 heterocycles. The molecule has 0 saturated carbocycles. The number of hydrogen-bond donors (Lipinski definition) is 2. The predicted molar refractivity (Wildman–Crippen MR) is 91.1 cm³/mol. The average molecular weight is 347 g/mol. The molecule has 0 spiro atoms. The molecule has 2 rings (SSSR count). The Kier molecular flexibility index (Phi) is 5.30. The third-order valence-corrected chi connectivity index (χ3v) is 3.93. The molecule has 134 valence electrons. The fourth-order valence-electron chi connectivity index (χ4n) is 2.64. The molecule has 0 aliphatic carbocycles. The van der Waals surface area contributed by atoms with Crippen molar-refractivity contribution in [3.05, 3.63) is 58.8 Å². The van der Waals surface area contributed by atoms with Gasteiger partial charge in [-0.05, 0) is 23.1 Å². The lowest BCUT2D eigenvalue weighted by molar-refractivity contribution is 0.0694. The molecule has 2 N–H and O–H groups in total. The van der Waals surface area contributed by atoms with E-state index in [1.165, 1.54) is 18.2 Å². The molecule has 0 bridgehead atoms.